The van der Waals surface area contributed by atoms with Crippen molar-refractivity contribution in [2.24, 2.45) is 34.5 Å². The normalized spacial score (nSPS) is 25.2. The number of hydrogen-bond donors (Lipinski definition) is 7. The van der Waals surface area contributed by atoms with Crippen LogP contribution in [-0.2, 0) is 66.6 Å². The van der Waals surface area contributed by atoms with E-state index in [-0.39, 0.29) is 117 Å². The number of carbonyl (C=O) groups is 6. The van der Waals surface area contributed by atoms with Crippen LogP contribution < -0.4 is 31.6 Å². The lowest BCUT2D eigenvalue weighted by Gasteiger charge is -2.65. The number of amides is 4. The molecule has 504 valence electrons. The van der Waals surface area contributed by atoms with Crippen molar-refractivity contribution in [3.05, 3.63) is 51.9 Å². The SMILES string of the molecule is C[C@]12CC[C@H](OCC(=O)NCCCCCCC(=O)NCCCOCCOCCOCCCNC(=O)c3cc4ccc(OCC(=O)NCCOCCOCCOCCOCCC(=O)O)cc4oc3=O)CC1CCC1C2C[C@@H](O)[C@]2(C)[C@@H](C3=CC(=O)OC3)CC[C@]12O. The van der Waals surface area contributed by atoms with Gasteiger partial charge in [0.15, 0.2) is 6.61 Å². The lowest BCUT2D eigenvalue weighted by atomic mass is 9.42. The molecule has 1 aliphatic heterocycles. The van der Waals surface area contributed by atoms with Crippen LogP contribution in [0.15, 0.2) is 45.1 Å². The van der Waals surface area contributed by atoms with E-state index in [1.165, 1.54) is 12.1 Å². The van der Waals surface area contributed by atoms with Crippen LogP contribution in [0.3, 0.4) is 0 Å². The van der Waals surface area contributed by atoms with Crippen molar-refractivity contribution in [2.75, 3.05) is 138 Å². The van der Waals surface area contributed by atoms with Gasteiger partial charge in [-0.15, -0.1) is 0 Å². The largest absolute Gasteiger partial charge is 0.484 e. The van der Waals surface area contributed by atoms with Gasteiger partial charge in [-0.25, -0.2) is 9.59 Å². The maximum Gasteiger partial charge on any atom is 0.349 e. The summed E-state index contributed by atoms with van der Waals surface area (Å²) >= 11 is 0. The van der Waals surface area contributed by atoms with Crippen LogP contribution in [0.1, 0.15) is 127 Å². The molecule has 25 heteroatoms. The molecular formula is C65H98N4O21. The molecule has 4 fully saturated rings. The number of carboxylic acids is 1. The van der Waals surface area contributed by atoms with Crippen LogP contribution in [0.4, 0.5) is 0 Å². The minimum absolute atomic E-state index is 0.00000906. The highest BCUT2D eigenvalue weighted by Gasteiger charge is 2.71. The fourth-order valence-electron chi connectivity index (χ4n) is 14.0. The van der Waals surface area contributed by atoms with Crippen molar-refractivity contribution < 1.29 is 95.9 Å². The second-order valence-corrected chi connectivity index (χ2v) is 24.6. The number of aliphatic hydroxyl groups excluding tert-OH is 1. The first-order valence-corrected chi connectivity index (χ1v) is 32.5. The van der Waals surface area contributed by atoms with E-state index in [0.29, 0.717) is 142 Å². The summed E-state index contributed by atoms with van der Waals surface area (Å²) < 4.78 is 60.5. The molecule has 9 atom stereocenters. The van der Waals surface area contributed by atoms with Gasteiger partial charge in [0.05, 0.1) is 104 Å². The van der Waals surface area contributed by atoms with E-state index >= 15 is 0 Å². The number of rotatable bonds is 44. The smallest absolute Gasteiger partial charge is 0.349 e. The Bertz CT molecular complexity index is 2710. The predicted molar refractivity (Wildman–Crippen MR) is 326 cm³/mol. The van der Waals surface area contributed by atoms with E-state index in [0.717, 1.165) is 69.8 Å². The number of carbonyl (C=O) groups excluding carboxylic acids is 5. The summed E-state index contributed by atoms with van der Waals surface area (Å²) in [5.74, 6) is -1.41. The lowest BCUT2D eigenvalue weighted by molar-refractivity contribution is -0.245. The van der Waals surface area contributed by atoms with Crippen LogP contribution in [0.2, 0.25) is 0 Å². The van der Waals surface area contributed by atoms with Gasteiger partial charge in [-0.05, 0) is 130 Å². The molecule has 25 nitrogen and oxygen atoms in total. The fraction of sp³-hybridized carbons (Fsp3) is 0.738. The van der Waals surface area contributed by atoms with Crippen LogP contribution in [0.5, 0.6) is 5.75 Å². The topological polar surface area (TPSA) is 334 Å². The monoisotopic (exact) mass is 1270 g/mol. The lowest BCUT2D eigenvalue weighted by Crippen LogP contribution is -2.67. The molecule has 7 N–H and O–H groups in total. The van der Waals surface area contributed by atoms with Crippen LogP contribution in [0, 0.1) is 34.5 Å². The number of cyclic esters (lactones) is 1. The van der Waals surface area contributed by atoms with Crippen molar-refractivity contribution in [3.8, 4) is 5.75 Å². The highest BCUT2D eigenvalue weighted by atomic mass is 16.6. The van der Waals surface area contributed by atoms with Gasteiger partial charge in [-0.1, -0.05) is 26.7 Å². The molecule has 0 spiro atoms. The molecule has 4 saturated carbocycles. The van der Waals surface area contributed by atoms with Gasteiger partial charge in [-0.2, -0.15) is 0 Å². The van der Waals surface area contributed by atoms with Gasteiger partial charge in [0.2, 0.25) is 11.8 Å². The quantitative estimate of drug-likeness (QED) is 0.0278. The molecular weight excluding hydrogens is 1170 g/mol. The number of fused-ring (bicyclic) bond motifs is 6. The average molecular weight is 1270 g/mol. The minimum Gasteiger partial charge on any atom is -0.484 e. The first-order chi connectivity index (χ1) is 43.5. The van der Waals surface area contributed by atoms with E-state index in [4.69, 9.17) is 56.9 Å². The highest BCUT2D eigenvalue weighted by molar-refractivity contribution is 5.96. The predicted octanol–water partition coefficient (Wildman–Crippen LogP) is 4.18. The molecule has 2 heterocycles. The standard InChI is InChI=1S/C65H98N4O21/c1-63-17-14-49(39-47(63)11-13-52-53(63)41-55(70)64(2)51(15-18-65(52,64)79)46-38-60(76)89-42-46)88-43-57(72)67-19-6-4-3-5-9-56(71)66-20-7-23-80-27-31-84-32-28-81-24-8-21-69-61(77)50-37-45-10-12-48(40-54(45)90-62(50)78)87-44-58(73)68-22-26-83-30-34-86-36-35-85-33-29-82-25-16-59(74)75/h10,12,37-38,40,47,49,51-53,55,70,79H,3-9,11,13-36,39,41-44H2,1-2H3,(H,66,71)(H,67,72)(H,68,73)(H,69,77)(H,74,75)/t47?,49-,51+,52?,53?,55+,63-,64-,65-/m0/s1. The molecule has 3 unspecified atom stereocenters. The van der Waals surface area contributed by atoms with E-state index in [1.807, 2.05) is 6.92 Å². The summed E-state index contributed by atoms with van der Waals surface area (Å²) in [4.78, 5) is 85.2. The molecule has 90 heavy (non-hydrogen) atoms. The summed E-state index contributed by atoms with van der Waals surface area (Å²) in [5.41, 5.74) is -1.62. The zero-order chi connectivity index (χ0) is 64.2. The number of carboxylic acid groups (broad SMARTS) is 1. The molecule has 0 saturated heterocycles. The van der Waals surface area contributed by atoms with Crippen LogP contribution in [-0.4, -0.2) is 207 Å². The molecule has 5 aliphatic rings. The molecule has 2 aromatic rings. The Morgan fingerprint density at radius 1 is 0.611 bits per heavy atom. The Hall–Kier alpha value is -5.61. The minimum atomic E-state index is -1.00. The molecule has 4 amide bonds. The molecule has 0 radical (unpaired) electrons. The van der Waals surface area contributed by atoms with Gasteiger partial charge in [0, 0.05) is 68.8 Å². The first kappa shape index (κ1) is 71.8. The van der Waals surface area contributed by atoms with Crippen molar-refractivity contribution in [2.45, 2.75) is 134 Å². The number of benzene rings is 1. The third kappa shape index (κ3) is 21.2. The van der Waals surface area contributed by atoms with E-state index in [9.17, 15) is 43.8 Å². The number of unbranched alkanes of at least 4 members (excludes halogenated alkanes) is 3. The zero-order valence-corrected chi connectivity index (χ0v) is 52.7. The number of aliphatic carboxylic acids is 1. The molecule has 4 aliphatic carbocycles. The molecule has 7 rings (SSSR count). The second-order valence-electron chi connectivity index (χ2n) is 24.6. The maximum atomic E-state index is 12.8. The van der Waals surface area contributed by atoms with Crippen LogP contribution >= 0.6 is 0 Å². The fourth-order valence-corrected chi connectivity index (χ4v) is 14.0. The summed E-state index contributed by atoms with van der Waals surface area (Å²) in [6.07, 6.45) is 12.4. The van der Waals surface area contributed by atoms with E-state index in [2.05, 4.69) is 28.2 Å². The van der Waals surface area contributed by atoms with Crippen LogP contribution in [0.25, 0.3) is 11.0 Å². The number of aliphatic hydroxyl groups is 2. The number of nitrogens with one attached hydrogen (secondary N) is 4. The van der Waals surface area contributed by atoms with E-state index in [1.54, 1.807) is 18.2 Å². The van der Waals surface area contributed by atoms with E-state index < -0.39 is 34.6 Å². The van der Waals surface area contributed by atoms with Gasteiger partial charge in [-0.3, -0.25) is 24.0 Å². The van der Waals surface area contributed by atoms with Crippen molar-refractivity contribution in [1.82, 2.24) is 21.3 Å². The number of esters is 1. The summed E-state index contributed by atoms with van der Waals surface area (Å²) in [7, 11) is 0. The Kier molecular flexibility index (Phi) is 29.7. The zero-order valence-electron chi connectivity index (χ0n) is 52.7. The summed E-state index contributed by atoms with van der Waals surface area (Å²) in [6, 6.07) is 6.14. The summed E-state index contributed by atoms with van der Waals surface area (Å²) in [5, 5.41) is 44.7. The Labute approximate surface area is 526 Å². The van der Waals surface area contributed by atoms with Crippen molar-refractivity contribution >= 4 is 46.5 Å². The Morgan fingerprint density at radius 2 is 1.22 bits per heavy atom. The Morgan fingerprint density at radius 3 is 1.90 bits per heavy atom. The summed E-state index contributed by atoms with van der Waals surface area (Å²) in [6.45, 7) is 10.9. The van der Waals surface area contributed by atoms with Crippen molar-refractivity contribution in [3.63, 3.8) is 0 Å². The highest BCUT2D eigenvalue weighted by Crippen LogP contribution is 2.70. The third-order valence-corrected chi connectivity index (χ3v) is 18.9. The van der Waals surface area contributed by atoms with Crippen molar-refractivity contribution in [1.29, 1.82) is 0 Å². The van der Waals surface area contributed by atoms with Gasteiger partial charge < -0.3 is 88.4 Å². The third-order valence-electron chi connectivity index (χ3n) is 18.9. The second kappa shape index (κ2) is 37.2. The Balaban J connectivity index is 0.604. The molecule has 0 bridgehead atoms. The van der Waals surface area contributed by atoms with Gasteiger partial charge >= 0.3 is 17.6 Å². The first-order valence-electron chi connectivity index (χ1n) is 32.5. The van der Waals surface area contributed by atoms with Gasteiger partial charge in [0.25, 0.3) is 11.8 Å². The van der Waals surface area contributed by atoms with Gasteiger partial charge in [0.1, 0.15) is 30.1 Å². The average Bonchev–Trinajstić information content (AvgIpc) is 1.38. The number of ether oxygens (including phenoxy) is 10. The molecule has 1 aromatic carbocycles. The molecule has 1 aromatic heterocycles. The number of hydrogen-bond acceptors (Lipinski definition) is 20. The maximum absolute atomic E-state index is 12.8.